The van der Waals surface area contributed by atoms with Gasteiger partial charge in [-0.1, -0.05) is 6.08 Å². The molecule has 3 heteroatoms. The summed E-state index contributed by atoms with van der Waals surface area (Å²) in [6, 6.07) is 0. The summed E-state index contributed by atoms with van der Waals surface area (Å²) in [5, 5.41) is 0. The Labute approximate surface area is 78.3 Å². The van der Waals surface area contributed by atoms with Gasteiger partial charge in [-0.2, -0.15) is 0 Å². The summed E-state index contributed by atoms with van der Waals surface area (Å²) in [6.07, 6.45) is 9.05. The summed E-state index contributed by atoms with van der Waals surface area (Å²) in [7, 11) is 0. The van der Waals surface area contributed by atoms with E-state index in [4.69, 9.17) is 10.5 Å². The smallest absolute Gasteiger partial charge is 0.193 e. The number of nitrogens with two attached hydrogens (primary N) is 1. The second-order valence-corrected chi connectivity index (χ2v) is 2.97. The molecule has 1 aliphatic rings. The second kappa shape index (κ2) is 4.50. The van der Waals surface area contributed by atoms with Gasteiger partial charge in [-0.05, 0) is 26.0 Å². The lowest BCUT2D eigenvalue weighted by Gasteiger charge is -2.10. The zero-order chi connectivity index (χ0) is 9.68. The summed E-state index contributed by atoms with van der Waals surface area (Å²) >= 11 is 0. The molecule has 1 heterocycles. The van der Waals surface area contributed by atoms with Gasteiger partial charge >= 0.3 is 0 Å². The van der Waals surface area contributed by atoms with Crippen molar-refractivity contribution in [3.63, 3.8) is 0 Å². The molecule has 3 nitrogen and oxygen atoms in total. The SMILES string of the molecule is CC(C)OC(N)=C1C=CC=CN=C1. The molecular weight excluding hydrogens is 164 g/mol. The average molecular weight is 178 g/mol. The minimum atomic E-state index is 0.0884. The highest BCUT2D eigenvalue weighted by atomic mass is 16.5. The van der Waals surface area contributed by atoms with E-state index in [2.05, 4.69) is 4.99 Å². The lowest BCUT2D eigenvalue weighted by molar-refractivity contribution is 0.144. The molecule has 0 fully saturated rings. The van der Waals surface area contributed by atoms with E-state index in [1.54, 1.807) is 12.4 Å². The van der Waals surface area contributed by atoms with Gasteiger partial charge in [0.2, 0.25) is 0 Å². The molecule has 1 aliphatic heterocycles. The molecule has 0 saturated heterocycles. The van der Waals surface area contributed by atoms with E-state index < -0.39 is 0 Å². The maximum absolute atomic E-state index is 5.71. The van der Waals surface area contributed by atoms with Gasteiger partial charge in [0.25, 0.3) is 0 Å². The summed E-state index contributed by atoms with van der Waals surface area (Å²) in [6.45, 7) is 3.87. The lowest BCUT2D eigenvalue weighted by Crippen LogP contribution is -2.12. The Kier molecular flexibility index (Phi) is 3.31. The van der Waals surface area contributed by atoms with Crippen LogP contribution in [0.25, 0.3) is 0 Å². The molecular formula is C10H14N2O. The van der Waals surface area contributed by atoms with Crippen molar-refractivity contribution in [2.24, 2.45) is 10.7 Å². The van der Waals surface area contributed by atoms with Crippen LogP contribution in [-0.2, 0) is 4.74 Å². The first-order chi connectivity index (χ1) is 6.20. The number of aliphatic imine (C=N–C) groups is 1. The van der Waals surface area contributed by atoms with E-state index in [0.29, 0.717) is 5.88 Å². The molecule has 0 atom stereocenters. The van der Waals surface area contributed by atoms with Gasteiger partial charge in [-0.3, -0.25) is 4.99 Å². The van der Waals surface area contributed by atoms with Crippen molar-refractivity contribution in [1.82, 2.24) is 0 Å². The Hall–Kier alpha value is -1.51. The van der Waals surface area contributed by atoms with Crippen LogP contribution >= 0.6 is 0 Å². The molecule has 0 spiro atoms. The van der Waals surface area contributed by atoms with Crippen LogP contribution in [0.3, 0.4) is 0 Å². The fraction of sp³-hybridized carbons (Fsp3) is 0.300. The van der Waals surface area contributed by atoms with Crippen LogP contribution in [0, 0.1) is 0 Å². The highest BCUT2D eigenvalue weighted by molar-refractivity contribution is 5.83. The summed E-state index contributed by atoms with van der Waals surface area (Å²) < 4.78 is 5.33. The van der Waals surface area contributed by atoms with Gasteiger partial charge in [0.05, 0.1) is 11.7 Å². The first-order valence-corrected chi connectivity index (χ1v) is 4.23. The van der Waals surface area contributed by atoms with Crippen molar-refractivity contribution >= 4 is 6.21 Å². The molecule has 0 aromatic carbocycles. The molecule has 0 unspecified atom stereocenters. The third kappa shape index (κ3) is 3.15. The minimum absolute atomic E-state index is 0.0884. The zero-order valence-electron chi connectivity index (χ0n) is 7.90. The summed E-state index contributed by atoms with van der Waals surface area (Å²) in [4.78, 5) is 3.99. The van der Waals surface area contributed by atoms with Crippen LogP contribution < -0.4 is 5.73 Å². The molecule has 0 aliphatic carbocycles. The maximum Gasteiger partial charge on any atom is 0.193 e. The van der Waals surface area contributed by atoms with E-state index >= 15 is 0 Å². The normalized spacial score (nSPS) is 19.0. The number of allylic oxidation sites excluding steroid dienone is 4. The number of hydrogen-bond donors (Lipinski definition) is 1. The predicted molar refractivity (Wildman–Crippen MR) is 54.2 cm³/mol. The topological polar surface area (TPSA) is 47.6 Å². The Balaban J connectivity index is 2.78. The van der Waals surface area contributed by atoms with Crippen LogP contribution in [0.5, 0.6) is 0 Å². The molecule has 0 radical (unpaired) electrons. The highest BCUT2D eigenvalue weighted by Crippen LogP contribution is 2.05. The zero-order valence-corrected chi connectivity index (χ0v) is 7.90. The molecule has 70 valence electrons. The van der Waals surface area contributed by atoms with Gasteiger partial charge in [0.1, 0.15) is 0 Å². The van der Waals surface area contributed by atoms with Crippen molar-refractivity contribution < 1.29 is 4.74 Å². The van der Waals surface area contributed by atoms with Crippen molar-refractivity contribution in [3.05, 3.63) is 35.9 Å². The Morgan fingerprint density at radius 3 is 2.92 bits per heavy atom. The first kappa shape index (κ1) is 9.58. The molecule has 0 amide bonds. The van der Waals surface area contributed by atoms with Gasteiger partial charge in [-0.15, -0.1) is 0 Å². The third-order valence-corrected chi connectivity index (χ3v) is 1.42. The molecule has 2 N–H and O–H groups in total. The minimum Gasteiger partial charge on any atom is -0.476 e. The standard InChI is InChI=1S/C10H14N2O/c1-8(2)13-10(11)9-5-3-4-6-12-7-9/h3-8H,11H2,1-2H3. The van der Waals surface area contributed by atoms with E-state index in [1.165, 1.54) is 0 Å². The van der Waals surface area contributed by atoms with Crippen LogP contribution in [0.1, 0.15) is 13.8 Å². The Bertz CT molecular complexity index is 267. The predicted octanol–water partition coefficient (Wildman–Crippen LogP) is 1.74. The van der Waals surface area contributed by atoms with Crippen LogP contribution in [0.4, 0.5) is 0 Å². The van der Waals surface area contributed by atoms with Crippen molar-refractivity contribution in [1.29, 1.82) is 0 Å². The number of hydrogen-bond acceptors (Lipinski definition) is 3. The number of rotatable bonds is 2. The van der Waals surface area contributed by atoms with E-state index in [-0.39, 0.29) is 6.10 Å². The summed E-state index contributed by atoms with van der Waals surface area (Å²) in [5.74, 6) is 0.415. The third-order valence-electron chi connectivity index (χ3n) is 1.42. The van der Waals surface area contributed by atoms with Crippen molar-refractivity contribution in [2.75, 3.05) is 0 Å². The molecule has 0 saturated carbocycles. The van der Waals surface area contributed by atoms with Gasteiger partial charge in [0.15, 0.2) is 5.88 Å². The van der Waals surface area contributed by atoms with Crippen molar-refractivity contribution in [2.45, 2.75) is 20.0 Å². The van der Waals surface area contributed by atoms with Crippen LogP contribution in [-0.4, -0.2) is 12.3 Å². The monoisotopic (exact) mass is 178 g/mol. The average Bonchev–Trinajstić information content (AvgIpc) is 2.29. The van der Waals surface area contributed by atoms with Gasteiger partial charge in [0, 0.05) is 12.4 Å². The van der Waals surface area contributed by atoms with Crippen LogP contribution in [0.2, 0.25) is 0 Å². The van der Waals surface area contributed by atoms with Crippen LogP contribution in [0.15, 0.2) is 40.9 Å². The molecule has 0 aromatic rings. The lowest BCUT2D eigenvalue weighted by atomic mass is 10.3. The van der Waals surface area contributed by atoms with E-state index in [9.17, 15) is 0 Å². The fourth-order valence-electron chi connectivity index (χ4n) is 0.893. The number of ether oxygens (including phenoxy) is 1. The van der Waals surface area contributed by atoms with Gasteiger partial charge < -0.3 is 10.5 Å². The first-order valence-electron chi connectivity index (χ1n) is 4.23. The van der Waals surface area contributed by atoms with Gasteiger partial charge in [-0.25, -0.2) is 0 Å². The van der Waals surface area contributed by atoms with Crippen molar-refractivity contribution in [3.8, 4) is 0 Å². The maximum atomic E-state index is 5.71. The largest absolute Gasteiger partial charge is 0.476 e. The van der Waals surface area contributed by atoms with E-state index in [0.717, 1.165) is 5.57 Å². The molecule has 0 aromatic heterocycles. The van der Waals surface area contributed by atoms with E-state index in [1.807, 2.05) is 32.1 Å². The highest BCUT2D eigenvalue weighted by Gasteiger charge is 2.01. The molecule has 0 bridgehead atoms. The second-order valence-electron chi connectivity index (χ2n) is 2.97. The molecule has 1 rings (SSSR count). The summed E-state index contributed by atoms with van der Waals surface area (Å²) in [5.41, 5.74) is 6.51. The Morgan fingerprint density at radius 2 is 2.23 bits per heavy atom. The quantitative estimate of drug-likeness (QED) is 0.655. The molecule has 13 heavy (non-hydrogen) atoms. The Morgan fingerprint density at radius 1 is 1.46 bits per heavy atom. The number of nitrogens with zero attached hydrogens (tertiary/aromatic N) is 1. The fourth-order valence-corrected chi connectivity index (χ4v) is 0.893.